The fraction of sp³-hybridized carbons (Fsp3) is 0.500. The first-order valence-electron chi connectivity index (χ1n) is 3.72. The summed E-state index contributed by atoms with van der Waals surface area (Å²) in [6, 6.07) is 2.25. The van der Waals surface area contributed by atoms with Crippen LogP contribution in [0.15, 0.2) is 10.7 Å². The van der Waals surface area contributed by atoms with E-state index < -0.39 is 0 Å². The van der Waals surface area contributed by atoms with E-state index in [1.165, 1.54) is 5.56 Å². The molecule has 0 spiro atoms. The Morgan fingerprint density at radius 1 is 1.73 bits per heavy atom. The van der Waals surface area contributed by atoms with Gasteiger partial charge in [0.1, 0.15) is 5.76 Å². The molecule has 0 aliphatic heterocycles. The molecule has 0 radical (unpaired) electrons. The maximum absolute atomic E-state index is 8.64. The molecule has 1 aromatic rings. The Morgan fingerprint density at radius 3 is 3.45 bits per heavy atom. The normalized spacial score (nSPS) is 22.3. The van der Waals surface area contributed by atoms with Crippen LogP contribution in [0.5, 0.6) is 0 Å². The zero-order chi connectivity index (χ0) is 7.68. The number of hydrogen-bond donors (Lipinski definition) is 0. The summed E-state index contributed by atoms with van der Waals surface area (Å²) < 4.78 is 4.99. The van der Waals surface area contributed by atoms with Crippen LogP contribution in [0, 0.1) is 17.2 Å². The molecule has 1 aliphatic carbocycles. The lowest BCUT2D eigenvalue weighted by molar-refractivity contribution is 0.358. The van der Waals surface area contributed by atoms with Gasteiger partial charge in [0.2, 0.25) is 0 Å². The van der Waals surface area contributed by atoms with Crippen molar-refractivity contribution in [1.29, 1.82) is 5.26 Å². The Morgan fingerprint density at radius 2 is 2.64 bits per heavy atom. The molecular formula is C8H8N2O. The van der Waals surface area contributed by atoms with Crippen molar-refractivity contribution in [3.8, 4) is 6.07 Å². The summed E-state index contributed by atoms with van der Waals surface area (Å²) in [5.41, 5.74) is 1.18. The number of hydrogen-bond acceptors (Lipinski definition) is 3. The van der Waals surface area contributed by atoms with Crippen LogP contribution in [0.1, 0.15) is 17.7 Å². The third-order valence-corrected chi connectivity index (χ3v) is 2.11. The van der Waals surface area contributed by atoms with Gasteiger partial charge in [-0.3, -0.25) is 0 Å². The Bertz CT molecular complexity index is 297. The molecule has 0 bridgehead atoms. The Balaban J connectivity index is 2.26. The van der Waals surface area contributed by atoms with E-state index in [0.29, 0.717) is 0 Å². The molecule has 2 rings (SSSR count). The van der Waals surface area contributed by atoms with Crippen molar-refractivity contribution >= 4 is 0 Å². The molecule has 1 aliphatic rings. The van der Waals surface area contributed by atoms with Crippen LogP contribution in [-0.4, -0.2) is 5.16 Å². The van der Waals surface area contributed by atoms with Crippen molar-refractivity contribution in [2.75, 3.05) is 0 Å². The molecule has 0 saturated carbocycles. The molecule has 0 aromatic carbocycles. The van der Waals surface area contributed by atoms with Crippen LogP contribution in [0.2, 0.25) is 0 Å². The van der Waals surface area contributed by atoms with E-state index in [4.69, 9.17) is 9.78 Å². The van der Waals surface area contributed by atoms with Crippen LogP contribution in [-0.2, 0) is 12.8 Å². The highest BCUT2D eigenvalue weighted by Crippen LogP contribution is 2.24. The van der Waals surface area contributed by atoms with Gasteiger partial charge in [0.05, 0.1) is 18.2 Å². The zero-order valence-electron chi connectivity index (χ0n) is 6.08. The highest BCUT2D eigenvalue weighted by Gasteiger charge is 2.21. The molecule has 1 aromatic heterocycles. The average Bonchev–Trinajstić information content (AvgIpc) is 2.50. The largest absolute Gasteiger partial charge is 0.361 e. The van der Waals surface area contributed by atoms with Crippen LogP contribution < -0.4 is 0 Å². The Labute approximate surface area is 64.6 Å². The maximum atomic E-state index is 8.64. The number of rotatable bonds is 0. The molecule has 0 saturated heterocycles. The lowest BCUT2D eigenvalue weighted by Crippen LogP contribution is -2.10. The molecular weight excluding hydrogens is 140 g/mol. The maximum Gasteiger partial charge on any atom is 0.141 e. The summed E-state index contributed by atoms with van der Waals surface area (Å²) in [4.78, 5) is 0. The van der Waals surface area contributed by atoms with Gasteiger partial charge in [-0.2, -0.15) is 5.26 Å². The van der Waals surface area contributed by atoms with E-state index in [1.807, 2.05) is 0 Å². The van der Waals surface area contributed by atoms with Crippen LogP contribution in [0.4, 0.5) is 0 Å². The van der Waals surface area contributed by atoms with Crippen molar-refractivity contribution in [1.82, 2.24) is 5.16 Å². The fourth-order valence-electron chi connectivity index (χ4n) is 1.42. The molecule has 0 N–H and O–H groups in total. The minimum Gasteiger partial charge on any atom is -0.361 e. The second-order valence-corrected chi connectivity index (χ2v) is 2.84. The van der Waals surface area contributed by atoms with Gasteiger partial charge >= 0.3 is 0 Å². The van der Waals surface area contributed by atoms with Gasteiger partial charge in [-0.25, -0.2) is 0 Å². The number of nitrogens with zero attached hydrogens (tertiary/aromatic N) is 2. The van der Waals surface area contributed by atoms with Gasteiger partial charge in [0.25, 0.3) is 0 Å². The first-order chi connectivity index (χ1) is 5.40. The highest BCUT2D eigenvalue weighted by molar-refractivity contribution is 5.19. The summed E-state index contributed by atoms with van der Waals surface area (Å²) in [7, 11) is 0. The van der Waals surface area contributed by atoms with Gasteiger partial charge in [-0.05, 0) is 12.8 Å². The lowest BCUT2D eigenvalue weighted by atomic mass is 9.90. The minimum atomic E-state index is 0.135. The van der Waals surface area contributed by atoms with E-state index >= 15 is 0 Å². The van der Waals surface area contributed by atoms with Crippen molar-refractivity contribution in [3.63, 3.8) is 0 Å². The van der Waals surface area contributed by atoms with Crippen LogP contribution in [0.25, 0.3) is 0 Å². The molecule has 56 valence electrons. The predicted molar refractivity (Wildman–Crippen MR) is 37.6 cm³/mol. The zero-order valence-corrected chi connectivity index (χ0v) is 6.08. The molecule has 3 heteroatoms. The molecule has 0 unspecified atom stereocenters. The molecule has 1 atom stereocenters. The van der Waals surface area contributed by atoms with E-state index in [2.05, 4.69) is 11.2 Å². The van der Waals surface area contributed by atoms with Crippen molar-refractivity contribution in [2.45, 2.75) is 19.3 Å². The second-order valence-electron chi connectivity index (χ2n) is 2.84. The molecule has 0 amide bonds. The number of aryl methyl sites for hydroxylation is 1. The SMILES string of the molecule is N#C[C@@H]1CCc2cnoc2C1. The van der Waals surface area contributed by atoms with Crippen molar-refractivity contribution in [3.05, 3.63) is 17.5 Å². The number of fused-ring (bicyclic) bond motifs is 1. The fourth-order valence-corrected chi connectivity index (χ4v) is 1.42. The van der Waals surface area contributed by atoms with E-state index in [0.717, 1.165) is 25.0 Å². The first kappa shape index (κ1) is 6.41. The van der Waals surface area contributed by atoms with Gasteiger partial charge in [0, 0.05) is 12.0 Å². The van der Waals surface area contributed by atoms with Crippen molar-refractivity contribution < 1.29 is 4.52 Å². The van der Waals surface area contributed by atoms with Gasteiger partial charge in [-0.15, -0.1) is 0 Å². The average molecular weight is 148 g/mol. The third kappa shape index (κ3) is 1.01. The van der Waals surface area contributed by atoms with Gasteiger partial charge in [-0.1, -0.05) is 5.16 Å². The lowest BCUT2D eigenvalue weighted by Gasteiger charge is -2.12. The van der Waals surface area contributed by atoms with Gasteiger partial charge < -0.3 is 4.52 Å². The van der Waals surface area contributed by atoms with Crippen LogP contribution in [0.3, 0.4) is 0 Å². The summed E-state index contributed by atoms with van der Waals surface area (Å²) in [5.74, 6) is 1.04. The third-order valence-electron chi connectivity index (χ3n) is 2.11. The molecule has 1 heterocycles. The standard InChI is InChI=1S/C8H8N2O/c9-4-6-1-2-7-5-10-11-8(7)3-6/h5-6H,1-3H2/t6-/m1/s1. The van der Waals surface area contributed by atoms with E-state index in [9.17, 15) is 0 Å². The summed E-state index contributed by atoms with van der Waals surface area (Å²) in [6.45, 7) is 0. The molecule has 0 fully saturated rings. The van der Waals surface area contributed by atoms with Crippen molar-refractivity contribution in [2.24, 2.45) is 5.92 Å². The quantitative estimate of drug-likeness (QED) is 0.557. The molecule has 11 heavy (non-hydrogen) atoms. The smallest absolute Gasteiger partial charge is 0.141 e. The van der Waals surface area contributed by atoms with E-state index in [-0.39, 0.29) is 5.92 Å². The Hall–Kier alpha value is -1.30. The number of aromatic nitrogens is 1. The first-order valence-corrected chi connectivity index (χ1v) is 3.72. The van der Waals surface area contributed by atoms with Crippen LogP contribution >= 0.6 is 0 Å². The minimum absolute atomic E-state index is 0.135. The highest BCUT2D eigenvalue weighted by atomic mass is 16.5. The monoisotopic (exact) mass is 148 g/mol. The number of nitriles is 1. The Kier molecular flexibility index (Phi) is 1.39. The topological polar surface area (TPSA) is 49.8 Å². The summed E-state index contributed by atoms with van der Waals surface area (Å²) in [6.07, 6.45) is 4.39. The summed E-state index contributed by atoms with van der Waals surface area (Å²) in [5, 5.41) is 12.3. The van der Waals surface area contributed by atoms with E-state index in [1.54, 1.807) is 6.20 Å². The molecule has 3 nitrogen and oxygen atoms in total. The van der Waals surface area contributed by atoms with Gasteiger partial charge in [0.15, 0.2) is 0 Å². The predicted octanol–water partition coefficient (Wildman–Crippen LogP) is 1.30. The second kappa shape index (κ2) is 2.39. The summed E-state index contributed by atoms with van der Waals surface area (Å²) >= 11 is 0.